The van der Waals surface area contributed by atoms with Crippen molar-refractivity contribution in [3.05, 3.63) is 28.7 Å². The van der Waals surface area contributed by atoms with E-state index < -0.39 is 0 Å². The third kappa shape index (κ3) is 4.81. The molecule has 1 aliphatic rings. The van der Waals surface area contributed by atoms with Crippen molar-refractivity contribution in [2.24, 2.45) is 11.8 Å². The molecule has 0 saturated heterocycles. The summed E-state index contributed by atoms with van der Waals surface area (Å²) >= 11 is 3.45. The molecule has 1 saturated carbocycles. The van der Waals surface area contributed by atoms with Gasteiger partial charge >= 0.3 is 0 Å². The summed E-state index contributed by atoms with van der Waals surface area (Å²) < 4.78 is 6.80. The molecule has 2 nitrogen and oxygen atoms in total. The Morgan fingerprint density at radius 2 is 2.11 bits per heavy atom. The van der Waals surface area contributed by atoms with Gasteiger partial charge in [0.25, 0.3) is 0 Å². The van der Waals surface area contributed by atoms with Gasteiger partial charge < -0.3 is 10.1 Å². The lowest BCUT2D eigenvalue weighted by molar-refractivity contribution is 0.216. The highest BCUT2D eigenvalue weighted by Gasteiger charge is 2.23. The summed E-state index contributed by atoms with van der Waals surface area (Å²) in [5.41, 5.74) is 0. The zero-order valence-corrected chi connectivity index (χ0v) is 13.4. The van der Waals surface area contributed by atoms with Crippen molar-refractivity contribution in [3.63, 3.8) is 0 Å². The van der Waals surface area contributed by atoms with E-state index in [1.54, 1.807) is 0 Å². The molecule has 3 atom stereocenters. The van der Waals surface area contributed by atoms with Gasteiger partial charge in [-0.3, -0.25) is 0 Å². The lowest BCUT2D eigenvalue weighted by Gasteiger charge is -2.32. The minimum Gasteiger partial charge on any atom is -0.492 e. The van der Waals surface area contributed by atoms with Gasteiger partial charge in [-0.15, -0.1) is 0 Å². The van der Waals surface area contributed by atoms with E-state index in [2.05, 4.69) is 35.1 Å². The second kappa shape index (κ2) is 7.30. The van der Waals surface area contributed by atoms with E-state index in [9.17, 15) is 0 Å². The molecular weight excluding hydrogens is 302 g/mol. The third-order valence-corrected chi connectivity index (χ3v) is 4.69. The average Bonchev–Trinajstić information content (AvgIpc) is 2.39. The van der Waals surface area contributed by atoms with E-state index in [0.29, 0.717) is 6.04 Å². The number of benzene rings is 1. The van der Waals surface area contributed by atoms with E-state index in [4.69, 9.17) is 4.74 Å². The molecule has 1 aliphatic carbocycles. The van der Waals surface area contributed by atoms with Crippen molar-refractivity contribution in [2.45, 2.75) is 39.2 Å². The highest BCUT2D eigenvalue weighted by molar-refractivity contribution is 9.10. The molecule has 3 unspecified atom stereocenters. The van der Waals surface area contributed by atoms with Crippen molar-refractivity contribution >= 4 is 15.9 Å². The predicted octanol–water partition coefficient (Wildman–Crippen LogP) is 4.24. The maximum Gasteiger partial charge on any atom is 0.120 e. The van der Waals surface area contributed by atoms with Crippen molar-refractivity contribution in [1.29, 1.82) is 0 Å². The van der Waals surface area contributed by atoms with Gasteiger partial charge in [-0.1, -0.05) is 35.8 Å². The quantitative estimate of drug-likeness (QED) is 0.817. The van der Waals surface area contributed by atoms with E-state index in [0.717, 1.165) is 35.2 Å². The van der Waals surface area contributed by atoms with Crippen LogP contribution in [0.1, 0.15) is 33.1 Å². The molecule has 2 rings (SSSR count). The van der Waals surface area contributed by atoms with Crippen LogP contribution in [0, 0.1) is 11.8 Å². The Balaban J connectivity index is 1.64. The molecule has 0 heterocycles. The van der Waals surface area contributed by atoms with Gasteiger partial charge in [-0.05, 0) is 49.3 Å². The first-order valence-electron chi connectivity index (χ1n) is 7.27. The van der Waals surface area contributed by atoms with Crippen LogP contribution in [-0.4, -0.2) is 19.2 Å². The molecule has 0 radical (unpaired) electrons. The minimum absolute atomic E-state index is 0.678. The van der Waals surface area contributed by atoms with Crippen LogP contribution in [0.5, 0.6) is 5.75 Å². The van der Waals surface area contributed by atoms with Crippen molar-refractivity contribution in [1.82, 2.24) is 5.32 Å². The minimum atomic E-state index is 0.678. The first kappa shape index (κ1) is 14.9. The van der Waals surface area contributed by atoms with Crippen LogP contribution < -0.4 is 10.1 Å². The van der Waals surface area contributed by atoms with Crippen LogP contribution in [0.2, 0.25) is 0 Å². The van der Waals surface area contributed by atoms with Gasteiger partial charge in [-0.25, -0.2) is 0 Å². The second-order valence-corrected chi connectivity index (χ2v) is 6.64. The SMILES string of the molecule is CC1CCC(NCCOc2cccc(Br)c2)CC1C. The van der Waals surface area contributed by atoms with Crippen molar-refractivity contribution in [3.8, 4) is 5.75 Å². The summed E-state index contributed by atoms with van der Waals surface area (Å²) in [5, 5.41) is 3.62. The highest BCUT2D eigenvalue weighted by atomic mass is 79.9. The first-order valence-corrected chi connectivity index (χ1v) is 8.06. The molecule has 106 valence electrons. The zero-order valence-electron chi connectivity index (χ0n) is 11.9. The Kier molecular flexibility index (Phi) is 5.71. The van der Waals surface area contributed by atoms with E-state index in [1.807, 2.05) is 24.3 Å². The molecule has 3 heteroatoms. The molecule has 1 fully saturated rings. The topological polar surface area (TPSA) is 21.3 Å². The average molecular weight is 326 g/mol. The number of hydrogen-bond donors (Lipinski definition) is 1. The highest BCUT2D eigenvalue weighted by Crippen LogP contribution is 2.29. The van der Waals surface area contributed by atoms with Crippen LogP contribution >= 0.6 is 15.9 Å². The Morgan fingerprint density at radius 3 is 2.84 bits per heavy atom. The summed E-state index contributed by atoms with van der Waals surface area (Å²) in [7, 11) is 0. The lowest BCUT2D eigenvalue weighted by Crippen LogP contribution is -2.38. The number of hydrogen-bond acceptors (Lipinski definition) is 2. The van der Waals surface area contributed by atoms with E-state index >= 15 is 0 Å². The van der Waals surface area contributed by atoms with Crippen LogP contribution in [0.4, 0.5) is 0 Å². The predicted molar refractivity (Wildman–Crippen MR) is 83.6 cm³/mol. The summed E-state index contributed by atoms with van der Waals surface area (Å²) in [5.74, 6) is 2.66. The van der Waals surface area contributed by atoms with Gasteiger partial charge in [0.1, 0.15) is 12.4 Å². The van der Waals surface area contributed by atoms with Crippen LogP contribution in [0.25, 0.3) is 0 Å². The molecule has 1 aromatic rings. The summed E-state index contributed by atoms with van der Waals surface area (Å²) in [6.45, 7) is 6.41. The number of nitrogens with one attached hydrogen (secondary N) is 1. The normalized spacial score (nSPS) is 27.2. The van der Waals surface area contributed by atoms with Gasteiger partial charge in [-0.2, -0.15) is 0 Å². The smallest absolute Gasteiger partial charge is 0.120 e. The molecule has 0 amide bonds. The Bertz CT molecular complexity index is 396. The molecular formula is C16H24BrNO. The monoisotopic (exact) mass is 325 g/mol. The van der Waals surface area contributed by atoms with Gasteiger partial charge in [0.15, 0.2) is 0 Å². The zero-order chi connectivity index (χ0) is 13.7. The van der Waals surface area contributed by atoms with Crippen molar-refractivity contribution in [2.75, 3.05) is 13.2 Å². The summed E-state index contributed by atoms with van der Waals surface area (Å²) in [4.78, 5) is 0. The molecule has 1 N–H and O–H groups in total. The van der Waals surface area contributed by atoms with E-state index in [1.165, 1.54) is 19.3 Å². The largest absolute Gasteiger partial charge is 0.492 e. The lowest BCUT2D eigenvalue weighted by atomic mass is 9.79. The maximum absolute atomic E-state index is 5.73. The van der Waals surface area contributed by atoms with Crippen LogP contribution in [0.15, 0.2) is 28.7 Å². The molecule has 0 aromatic heterocycles. The van der Waals surface area contributed by atoms with E-state index in [-0.39, 0.29) is 0 Å². The number of halogens is 1. The fourth-order valence-corrected chi connectivity index (χ4v) is 3.10. The fourth-order valence-electron chi connectivity index (χ4n) is 2.72. The van der Waals surface area contributed by atoms with Crippen LogP contribution in [-0.2, 0) is 0 Å². The first-order chi connectivity index (χ1) is 9.15. The molecule has 0 spiro atoms. The Morgan fingerprint density at radius 1 is 1.26 bits per heavy atom. The number of ether oxygens (including phenoxy) is 1. The molecule has 1 aromatic carbocycles. The second-order valence-electron chi connectivity index (χ2n) is 5.72. The standard InChI is InChI=1S/C16H24BrNO/c1-12-6-7-15(10-13(12)2)18-8-9-19-16-5-3-4-14(17)11-16/h3-5,11-13,15,18H,6-10H2,1-2H3. The molecule has 0 bridgehead atoms. The number of rotatable bonds is 5. The van der Waals surface area contributed by atoms with Gasteiger partial charge in [0.2, 0.25) is 0 Å². The van der Waals surface area contributed by atoms with Gasteiger partial charge in [0, 0.05) is 17.1 Å². The molecule has 19 heavy (non-hydrogen) atoms. The van der Waals surface area contributed by atoms with Crippen LogP contribution in [0.3, 0.4) is 0 Å². The summed E-state index contributed by atoms with van der Waals surface area (Å²) in [6.07, 6.45) is 3.96. The fraction of sp³-hybridized carbons (Fsp3) is 0.625. The summed E-state index contributed by atoms with van der Waals surface area (Å²) in [6, 6.07) is 8.68. The van der Waals surface area contributed by atoms with Gasteiger partial charge in [0.05, 0.1) is 0 Å². The maximum atomic E-state index is 5.73. The Labute approximate surface area is 125 Å². The van der Waals surface area contributed by atoms with Crippen molar-refractivity contribution < 1.29 is 4.74 Å². The Hall–Kier alpha value is -0.540. The third-order valence-electron chi connectivity index (χ3n) is 4.20. The molecule has 0 aliphatic heterocycles.